The van der Waals surface area contributed by atoms with Crippen molar-refractivity contribution < 1.29 is 9.52 Å². The van der Waals surface area contributed by atoms with Crippen LogP contribution in [0.3, 0.4) is 0 Å². The van der Waals surface area contributed by atoms with Gasteiger partial charge in [-0.2, -0.15) is 0 Å². The molecule has 0 saturated carbocycles. The lowest BCUT2D eigenvalue weighted by molar-refractivity contribution is 0.226. The van der Waals surface area contributed by atoms with Crippen LogP contribution < -0.4 is 0 Å². The molecular weight excluding hydrogens is 320 g/mol. The molecule has 0 saturated heterocycles. The van der Waals surface area contributed by atoms with Crippen LogP contribution in [0.2, 0.25) is 0 Å². The molecule has 0 radical (unpaired) electrons. The molecule has 0 aliphatic heterocycles. The van der Waals surface area contributed by atoms with Gasteiger partial charge in [0.15, 0.2) is 0 Å². The van der Waals surface area contributed by atoms with Gasteiger partial charge in [0.1, 0.15) is 12.4 Å². The fourth-order valence-electron chi connectivity index (χ4n) is 2.40. The maximum Gasteiger partial charge on any atom is 0.117 e. The van der Waals surface area contributed by atoms with Gasteiger partial charge in [-0.3, -0.25) is 9.88 Å². The Morgan fingerprint density at radius 1 is 1.17 bits per heavy atom. The van der Waals surface area contributed by atoms with Gasteiger partial charge in [-0.25, -0.2) is 0 Å². The highest BCUT2D eigenvalue weighted by Crippen LogP contribution is 2.19. The first-order chi connectivity index (χ1) is 11.8. The van der Waals surface area contributed by atoms with Crippen LogP contribution in [-0.4, -0.2) is 21.6 Å². The molecule has 3 heterocycles. The first-order valence-electron chi connectivity index (χ1n) is 7.65. The number of aliphatic hydroxyl groups excluding tert-OH is 1. The fraction of sp³-hybridized carbons (Fsp3) is 0.211. The summed E-state index contributed by atoms with van der Waals surface area (Å²) in [6.45, 7) is 2.15. The van der Waals surface area contributed by atoms with E-state index in [0.29, 0.717) is 0 Å². The van der Waals surface area contributed by atoms with Gasteiger partial charge in [0.25, 0.3) is 0 Å². The van der Waals surface area contributed by atoms with Crippen LogP contribution in [0.15, 0.2) is 58.7 Å². The van der Waals surface area contributed by atoms with Crippen molar-refractivity contribution in [1.82, 2.24) is 9.88 Å². The predicted octanol–water partition coefficient (Wildman–Crippen LogP) is 3.28. The third-order valence-electron chi connectivity index (χ3n) is 3.42. The number of hydrogen-bond acceptors (Lipinski definition) is 5. The molecule has 1 N–H and O–H groups in total. The van der Waals surface area contributed by atoms with Gasteiger partial charge in [-0.05, 0) is 30.3 Å². The minimum atomic E-state index is -0.116. The molecule has 0 bridgehead atoms. The number of pyridine rings is 1. The standard InChI is InChI=1S/C19H18N2O2S/c22-9-3-5-16-11-19(24-15-16)14-21(13-18-7-4-10-23-18)12-17-6-1-2-8-20-17/h1-2,4,6-8,10-11,15,22H,9,12-14H2. The molecule has 3 aromatic rings. The second-order valence-electron chi connectivity index (χ2n) is 5.31. The molecule has 0 fully saturated rings. The van der Waals surface area contributed by atoms with Gasteiger partial charge in [0, 0.05) is 35.1 Å². The largest absolute Gasteiger partial charge is 0.468 e. The van der Waals surface area contributed by atoms with E-state index in [1.165, 1.54) is 4.88 Å². The molecule has 0 unspecified atom stereocenters. The third kappa shape index (κ3) is 4.80. The number of hydrogen-bond donors (Lipinski definition) is 1. The van der Waals surface area contributed by atoms with E-state index >= 15 is 0 Å². The average Bonchev–Trinajstić information content (AvgIpc) is 3.26. The van der Waals surface area contributed by atoms with E-state index in [1.807, 2.05) is 41.9 Å². The Hall–Kier alpha value is -2.39. The highest BCUT2D eigenvalue weighted by atomic mass is 32.1. The van der Waals surface area contributed by atoms with Gasteiger partial charge < -0.3 is 9.52 Å². The molecule has 0 aromatic carbocycles. The number of furan rings is 1. The molecule has 3 aromatic heterocycles. The molecule has 4 nitrogen and oxygen atoms in total. The Bertz CT molecular complexity index is 801. The highest BCUT2D eigenvalue weighted by molar-refractivity contribution is 7.10. The molecule has 0 amide bonds. The van der Waals surface area contributed by atoms with Crippen LogP contribution in [0.1, 0.15) is 21.9 Å². The summed E-state index contributed by atoms with van der Waals surface area (Å²) < 4.78 is 5.49. The maximum atomic E-state index is 8.79. The summed E-state index contributed by atoms with van der Waals surface area (Å²) in [7, 11) is 0. The van der Waals surface area contributed by atoms with Crippen molar-refractivity contribution in [2.75, 3.05) is 6.61 Å². The van der Waals surface area contributed by atoms with Gasteiger partial charge in [0.2, 0.25) is 0 Å². The maximum absolute atomic E-state index is 8.79. The zero-order chi connectivity index (χ0) is 16.6. The third-order valence-corrected chi connectivity index (χ3v) is 4.34. The van der Waals surface area contributed by atoms with E-state index < -0.39 is 0 Å². The van der Waals surface area contributed by atoms with Crippen molar-refractivity contribution in [2.45, 2.75) is 19.6 Å². The van der Waals surface area contributed by atoms with Crippen molar-refractivity contribution >= 4 is 11.3 Å². The van der Waals surface area contributed by atoms with Crippen LogP contribution in [0.4, 0.5) is 0 Å². The monoisotopic (exact) mass is 338 g/mol. The molecule has 24 heavy (non-hydrogen) atoms. The smallest absolute Gasteiger partial charge is 0.117 e. The molecule has 5 heteroatoms. The van der Waals surface area contributed by atoms with Crippen LogP contribution in [0, 0.1) is 11.8 Å². The first-order valence-corrected chi connectivity index (χ1v) is 8.53. The number of nitrogens with zero attached hydrogens (tertiary/aromatic N) is 2. The number of aliphatic hydroxyl groups is 1. The summed E-state index contributed by atoms with van der Waals surface area (Å²) in [5.41, 5.74) is 1.97. The highest BCUT2D eigenvalue weighted by Gasteiger charge is 2.12. The Kier molecular flexibility index (Phi) is 5.80. The summed E-state index contributed by atoms with van der Waals surface area (Å²) in [4.78, 5) is 7.93. The normalized spacial score (nSPS) is 10.6. The molecule has 122 valence electrons. The Labute approximate surface area is 145 Å². The molecule has 0 aliphatic rings. The number of rotatable bonds is 6. The summed E-state index contributed by atoms with van der Waals surface area (Å²) >= 11 is 1.67. The summed E-state index contributed by atoms with van der Waals surface area (Å²) in [6, 6.07) is 11.9. The van der Waals surface area contributed by atoms with Gasteiger partial charge in [-0.15, -0.1) is 11.3 Å². The van der Waals surface area contributed by atoms with Crippen molar-refractivity contribution in [2.24, 2.45) is 0 Å². The van der Waals surface area contributed by atoms with Crippen molar-refractivity contribution in [3.05, 3.63) is 76.1 Å². The van der Waals surface area contributed by atoms with Crippen molar-refractivity contribution in [3.63, 3.8) is 0 Å². The number of thiophene rings is 1. The second-order valence-corrected chi connectivity index (χ2v) is 6.30. The molecule has 0 aliphatic carbocycles. The van der Waals surface area contributed by atoms with Crippen LogP contribution >= 0.6 is 11.3 Å². The summed E-state index contributed by atoms with van der Waals surface area (Å²) in [5.74, 6) is 6.56. The van der Waals surface area contributed by atoms with Crippen molar-refractivity contribution in [1.29, 1.82) is 0 Å². The Balaban J connectivity index is 1.72. The minimum Gasteiger partial charge on any atom is -0.468 e. The molecule has 3 rings (SSSR count). The molecule has 0 spiro atoms. The Morgan fingerprint density at radius 3 is 2.88 bits per heavy atom. The van der Waals surface area contributed by atoms with E-state index in [2.05, 4.69) is 27.8 Å². The lowest BCUT2D eigenvalue weighted by Crippen LogP contribution is -2.22. The predicted molar refractivity (Wildman–Crippen MR) is 94.2 cm³/mol. The van der Waals surface area contributed by atoms with Gasteiger partial charge in [0.05, 0.1) is 18.5 Å². The van der Waals surface area contributed by atoms with Crippen LogP contribution in [-0.2, 0) is 19.6 Å². The average molecular weight is 338 g/mol. The second kappa shape index (κ2) is 8.46. The van der Waals surface area contributed by atoms with E-state index in [9.17, 15) is 0 Å². The number of aromatic nitrogens is 1. The summed E-state index contributed by atoms with van der Waals surface area (Å²) in [5, 5.41) is 10.8. The SMILES string of the molecule is OCC#Cc1csc(CN(Cc2ccccn2)Cc2ccco2)c1. The van der Waals surface area contributed by atoms with Crippen molar-refractivity contribution in [3.8, 4) is 11.8 Å². The van der Waals surface area contributed by atoms with E-state index in [1.54, 1.807) is 17.6 Å². The van der Waals surface area contributed by atoms with E-state index in [0.717, 1.165) is 36.7 Å². The lowest BCUT2D eigenvalue weighted by atomic mass is 10.2. The van der Waals surface area contributed by atoms with Gasteiger partial charge in [-0.1, -0.05) is 17.9 Å². The summed E-state index contributed by atoms with van der Waals surface area (Å²) in [6.07, 6.45) is 3.51. The van der Waals surface area contributed by atoms with E-state index in [-0.39, 0.29) is 6.61 Å². The molecular formula is C19H18N2O2S. The van der Waals surface area contributed by atoms with Crippen LogP contribution in [0.5, 0.6) is 0 Å². The fourth-order valence-corrected chi connectivity index (χ4v) is 3.26. The minimum absolute atomic E-state index is 0.116. The lowest BCUT2D eigenvalue weighted by Gasteiger charge is -2.20. The zero-order valence-corrected chi connectivity index (χ0v) is 14.0. The van der Waals surface area contributed by atoms with Gasteiger partial charge >= 0.3 is 0 Å². The van der Waals surface area contributed by atoms with E-state index in [4.69, 9.17) is 9.52 Å². The quantitative estimate of drug-likeness (QED) is 0.701. The zero-order valence-electron chi connectivity index (χ0n) is 13.2. The van der Waals surface area contributed by atoms with Crippen LogP contribution in [0.25, 0.3) is 0 Å². The Morgan fingerprint density at radius 2 is 2.12 bits per heavy atom. The first kappa shape index (κ1) is 16.5. The topological polar surface area (TPSA) is 49.5 Å². The molecule has 0 atom stereocenters.